The minimum atomic E-state index is -0.668. The first kappa shape index (κ1) is 11.3. The number of piperidine rings is 2. The van der Waals surface area contributed by atoms with E-state index in [0.29, 0.717) is 31.0 Å². The van der Waals surface area contributed by atoms with Crippen LogP contribution in [0.15, 0.2) is 0 Å². The number of rotatable bonds is 2. The van der Waals surface area contributed by atoms with Crippen LogP contribution in [0.4, 0.5) is 4.39 Å². The van der Waals surface area contributed by atoms with E-state index in [-0.39, 0.29) is 6.61 Å². The minimum Gasteiger partial charge on any atom is -0.396 e. The molecular formula is C11H21FN2O. The third-order valence-electron chi connectivity index (χ3n) is 3.68. The predicted molar refractivity (Wildman–Crippen MR) is 57.5 cm³/mol. The van der Waals surface area contributed by atoms with Crippen LogP contribution in [0.3, 0.4) is 0 Å². The van der Waals surface area contributed by atoms with E-state index in [4.69, 9.17) is 5.11 Å². The molecule has 4 atom stereocenters. The van der Waals surface area contributed by atoms with E-state index in [1.807, 2.05) is 0 Å². The fourth-order valence-corrected chi connectivity index (χ4v) is 2.69. The van der Waals surface area contributed by atoms with E-state index >= 15 is 0 Å². The maximum absolute atomic E-state index is 12.9. The predicted octanol–water partition coefficient (Wildman–Crippen LogP) is 0.437. The van der Waals surface area contributed by atoms with Crippen LogP contribution in [0, 0.1) is 5.92 Å². The van der Waals surface area contributed by atoms with Gasteiger partial charge in [-0.05, 0) is 38.1 Å². The molecule has 2 aliphatic rings. The van der Waals surface area contributed by atoms with Crippen molar-refractivity contribution < 1.29 is 9.50 Å². The molecule has 0 bridgehead atoms. The normalized spacial score (nSPS) is 42.8. The molecule has 3 N–H and O–H groups in total. The highest BCUT2D eigenvalue weighted by molar-refractivity contribution is 4.91. The maximum atomic E-state index is 12.9. The lowest BCUT2D eigenvalue weighted by Gasteiger charge is -2.38. The number of hydrogen-bond acceptors (Lipinski definition) is 3. The Morgan fingerprint density at radius 1 is 1.13 bits per heavy atom. The summed E-state index contributed by atoms with van der Waals surface area (Å²) in [5.74, 6) is 0.432. The van der Waals surface area contributed by atoms with Gasteiger partial charge in [0.2, 0.25) is 0 Å². The molecule has 3 nitrogen and oxygen atoms in total. The van der Waals surface area contributed by atoms with E-state index < -0.39 is 6.17 Å². The number of aliphatic hydroxyl groups is 1. The lowest BCUT2D eigenvalue weighted by molar-refractivity contribution is 0.141. The molecule has 2 heterocycles. The number of alkyl halides is 1. The summed E-state index contributed by atoms with van der Waals surface area (Å²) in [6, 6.07) is 0.815. The third-order valence-corrected chi connectivity index (χ3v) is 3.68. The molecule has 88 valence electrons. The van der Waals surface area contributed by atoms with Crippen molar-refractivity contribution in [2.45, 2.75) is 43.9 Å². The zero-order chi connectivity index (χ0) is 10.7. The maximum Gasteiger partial charge on any atom is 0.113 e. The van der Waals surface area contributed by atoms with Gasteiger partial charge in [-0.15, -0.1) is 0 Å². The van der Waals surface area contributed by atoms with Crippen LogP contribution >= 0.6 is 0 Å². The van der Waals surface area contributed by atoms with Crippen LogP contribution in [-0.2, 0) is 0 Å². The molecule has 0 spiro atoms. The van der Waals surface area contributed by atoms with Gasteiger partial charge in [-0.3, -0.25) is 0 Å². The second-order valence-electron chi connectivity index (χ2n) is 4.82. The molecule has 4 heteroatoms. The van der Waals surface area contributed by atoms with Gasteiger partial charge in [0.05, 0.1) is 0 Å². The zero-order valence-corrected chi connectivity index (χ0v) is 9.08. The molecule has 15 heavy (non-hydrogen) atoms. The quantitative estimate of drug-likeness (QED) is 0.627. The number of aliphatic hydroxyl groups excluding tert-OH is 1. The first-order chi connectivity index (χ1) is 7.29. The highest BCUT2D eigenvalue weighted by atomic mass is 19.1. The Balaban J connectivity index is 1.82. The van der Waals surface area contributed by atoms with Crippen LogP contribution < -0.4 is 10.6 Å². The minimum absolute atomic E-state index is 0.288. The second-order valence-corrected chi connectivity index (χ2v) is 4.82. The van der Waals surface area contributed by atoms with Gasteiger partial charge in [0, 0.05) is 25.2 Å². The molecule has 2 rings (SSSR count). The third kappa shape index (κ3) is 2.89. The summed E-state index contributed by atoms with van der Waals surface area (Å²) in [6.07, 6.45) is 3.01. The summed E-state index contributed by atoms with van der Waals surface area (Å²) in [5.41, 5.74) is 0. The fraction of sp³-hybridized carbons (Fsp3) is 1.00. The van der Waals surface area contributed by atoms with Crippen LogP contribution in [0.1, 0.15) is 25.7 Å². The molecular weight excluding hydrogens is 195 g/mol. The van der Waals surface area contributed by atoms with Crippen molar-refractivity contribution >= 4 is 0 Å². The van der Waals surface area contributed by atoms with Crippen molar-refractivity contribution in [2.24, 2.45) is 5.92 Å². The van der Waals surface area contributed by atoms with Gasteiger partial charge in [0.1, 0.15) is 6.17 Å². The SMILES string of the molecule is OCC1CCNC(C2CCC(F)CN2)C1. The Morgan fingerprint density at radius 2 is 2.00 bits per heavy atom. The molecule has 0 aromatic carbocycles. The van der Waals surface area contributed by atoms with Crippen molar-refractivity contribution in [1.29, 1.82) is 0 Å². The smallest absolute Gasteiger partial charge is 0.113 e. The van der Waals surface area contributed by atoms with Crippen molar-refractivity contribution in [3.63, 3.8) is 0 Å². The monoisotopic (exact) mass is 216 g/mol. The Kier molecular flexibility index (Phi) is 3.94. The van der Waals surface area contributed by atoms with E-state index in [1.54, 1.807) is 0 Å². The number of nitrogens with one attached hydrogen (secondary N) is 2. The zero-order valence-electron chi connectivity index (χ0n) is 9.08. The first-order valence-corrected chi connectivity index (χ1v) is 6.01. The van der Waals surface area contributed by atoms with Gasteiger partial charge >= 0.3 is 0 Å². The molecule has 0 saturated carbocycles. The average Bonchev–Trinajstić information content (AvgIpc) is 2.30. The lowest BCUT2D eigenvalue weighted by Crippen LogP contribution is -2.55. The van der Waals surface area contributed by atoms with E-state index in [0.717, 1.165) is 25.8 Å². The largest absolute Gasteiger partial charge is 0.396 e. The average molecular weight is 216 g/mol. The Labute approximate surface area is 90.4 Å². The first-order valence-electron chi connectivity index (χ1n) is 6.01. The van der Waals surface area contributed by atoms with Gasteiger partial charge in [-0.1, -0.05) is 0 Å². The van der Waals surface area contributed by atoms with Gasteiger partial charge in [-0.2, -0.15) is 0 Å². The van der Waals surface area contributed by atoms with Crippen molar-refractivity contribution in [2.75, 3.05) is 19.7 Å². The summed E-state index contributed by atoms with van der Waals surface area (Å²) in [4.78, 5) is 0. The highest BCUT2D eigenvalue weighted by Gasteiger charge is 2.30. The van der Waals surface area contributed by atoms with Crippen molar-refractivity contribution in [1.82, 2.24) is 10.6 Å². The van der Waals surface area contributed by atoms with Crippen LogP contribution in [0.25, 0.3) is 0 Å². The van der Waals surface area contributed by atoms with Gasteiger partial charge in [0.15, 0.2) is 0 Å². The summed E-state index contributed by atoms with van der Waals surface area (Å²) in [7, 11) is 0. The number of hydrogen-bond donors (Lipinski definition) is 3. The van der Waals surface area contributed by atoms with Crippen LogP contribution in [0.2, 0.25) is 0 Å². The standard InChI is InChI=1S/C11H21FN2O/c12-9-1-2-10(14-6-9)11-5-8(7-15)3-4-13-11/h8-11,13-15H,1-7H2. The van der Waals surface area contributed by atoms with E-state index in [9.17, 15) is 4.39 Å². The molecule has 4 unspecified atom stereocenters. The summed E-state index contributed by atoms with van der Waals surface area (Å²) in [6.45, 7) is 1.76. The molecule has 2 aliphatic heterocycles. The molecule has 2 fully saturated rings. The summed E-state index contributed by atoms with van der Waals surface area (Å²) >= 11 is 0. The molecule has 0 amide bonds. The lowest BCUT2D eigenvalue weighted by atomic mass is 9.86. The van der Waals surface area contributed by atoms with Gasteiger partial charge in [0.25, 0.3) is 0 Å². The number of halogens is 1. The molecule has 2 saturated heterocycles. The second kappa shape index (κ2) is 5.23. The molecule has 0 aliphatic carbocycles. The molecule has 0 aromatic rings. The summed E-state index contributed by atoms with van der Waals surface area (Å²) in [5, 5.41) is 15.9. The van der Waals surface area contributed by atoms with Crippen LogP contribution in [0.5, 0.6) is 0 Å². The summed E-state index contributed by atoms with van der Waals surface area (Å²) < 4.78 is 12.9. The van der Waals surface area contributed by atoms with Gasteiger partial charge in [-0.25, -0.2) is 4.39 Å². The molecule has 0 aromatic heterocycles. The Morgan fingerprint density at radius 3 is 2.67 bits per heavy atom. The van der Waals surface area contributed by atoms with Crippen molar-refractivity contribution in [3.8, 4) is 0 Å². The fourth-order valence-electron chi connectivity index (χ4n) is 2.69. The van der Waals surface area contributed by atoms with Crippen LogP contribution in [-0.4, -0.2) is 43.1 Å². The van der Waals surface area contributed by atoms with Crippen molar-refractivity contribution in [3.05, 3.63) is 0 Å². The van der Waals surface area contributed by atoms with E-state index in [1.165, 1.54) is 0 Å². The topological polar surface area (TPSA) is 44.3 Å². The Hall–Kier alpha value is -0.190. The highest BCUT2D eigenvalue weighted by Crippen LogP contribution is 2.22. The van der Waals surface area contributed by atoms with Gasteiger partial charge < -0.3 is 15.7 Å². The molecule has 0 radical (unpaired) electrons. The Bertz CT molecular complexity index is 195. The van der Waals surface area contributed by atoms with E-state index in [2.05, 4.69) is 10.6 Å².